The van der Waals surface area contributed by atoms with E-state index in [0.717, 1.165) is 21.5 Å². The molecule has 0 N–H and O–H groups in total. The molecule has 10 heteroatoms. The summed E-state index contributed by atoms with van der Waals surface area (Å²) in [5.74, 6) is 0. The number of hydrogen-bond donors (Lipinski definition) is 0. The van der Waals surface area contributed by atoms with Gasteiger partial charge >= 0.3 is 59.1 Å². The van der Waals surface area contributed by atoms with Crippen LogP contribution in [0, 0.1) is 0 Å². The minimum atomic E-state index is -4.34. The van der Waals surface area contributed by atoms with Gasteiger partial charge in [0.05, 0.1) is 9.79 Å². The van der Waals surface area contributed by atoms with Gasteiger partial charge in [0.1, 0.15) is 20.2 Å². The van der Waals surface area contributed by atoms with E-state index < -0.39 is 20.2 Å². The number of rotatable bonds is 2. The fraction of sp³-hybridized carbons (Fsp3) is 0. The van der Waals surface area contributed by atoms with Crippen molar-refractivity contribution >= 4 is 41.8 Å². The Morgan fingerprint density at radius 2 is 0.767 bits per heavy atom. The third-order valence-corrected chi connectivity index (χ3v) is 5.68. The first-order valence-electron chi connectivity index (χ1n) is 8.04. The average Bonchev–Trinajstić information content (AvgIpc) is 2.66. The predicted octanol–water partition coefficient (Wildman–Crippen LogP) is -2.50. The Kier molecular flexibility index (Phi) is 10.2. The predicted molar refractivity (Wildman–Crippen MR) is 104 cm³/mol. The van der Waals surface area contributed by atoms with Gasteiger partial charge < -0.3 is 9.11 Å². The van der Waals surface area contributed by atoms with Crippen molar-refractivity contribution in [2.24, 2.45) is 0 Å². The van der Waals surface area contributed by atoms with Crippen LogP contribution in [0.1, 0.15) is 0 Å². The van der Waals surface area contributed by atoms with E-state index in [1.54, 1.807) is 36.4 Å². The van der Waals surface area contributed by atoms with Gasteiger partial charge in [-0.25, -0.2) is 16.8 Å². The molecule has 0 bridgehead atoms. The van der Waals surface area contributed by atoms with Crippen LogP contribution in [0.3, 0.4) is 0 Å². The first-order valence-corrected chi connectivity index (χ1v) is 10.9. The van der Waals surface area contributed by atoms with Crippen molar-refractivity contribution in [3.63, 3.8) is 0 Å². The fourth-order valence-corrected chi connectivity index (χ4v) is 3.66. The summed E-state index contributed by atoms with van der Waals surface area (Å²) in [5.41, 5.74) is 0. The molecule has 0 fully saturated rings. The molecule has 0 saturated carbocycles. The molecule has 4 aromatic carbocycles. The number of hydrogen-bond acceptors (Lipinski definition) is 6. The normalized spacial score (nSPS) is 11.0. The van der Waals surface area contributed by atoms with Crippen LogP contribution < -0.4 is 59.1 Å². The molecule has 0 aliphatic heterocycles. The van der Waals surface area contributed by atoms with E-state index in [-0.39, 0.29) is 68.9 Å². The van der Waals surface area contributed by atoms with Gasteiger partial charge in [-0.1, -0.05) is 60.7 Å². The molecule has 4 aromatic rings. The molecular formula is C20H14Na2O6S2. The van der Waals surface area contributed by atoms with E-state index in [1.165, 1.54) is 24.3 Å². The fourth-order valence-electron chi connectivity index (χ4n) is 2.65. The van der Waals surface area contributed by atoms with Gasteiger partial charge in [0.2, 0.25) is 0 Å². The van der Waals surface area contributed by atoms with Gasteiger partial charge in [-0.2, -0.15) is 0 Å². The smallest absolute Gasteiger partial charge is 0.744 e. The summed E-state index contributed by atoms with van der Waals surface area (Å²) in [7, 11) is -8.69. The summed E-state index contributed by atoms with van der Waals surface area (Å²) in [6, 6.07) is 23.2. The molecular weight excluding hydrogens is 446 g/mol. The summed E-state index contributed by atoms with van der Waals surface area (Å²) in [6.45, 7) is 0. The molecule has 0 aromatic heterocycles. The third kappa shape index (κ3) is 7.13. The van der Waals surface area contributed by atoms with E-state index in [0.29, 0.717) is 0 Å². The van der Waals surface area contributed by atoms with Crippen molar-refractivity contribution in [2.75, 3.05) is 0 Å². The molecule has 0 aliphatic carbocycles. The number of benzene rings is 4. The molecule has 0 radical (unpaired) electrons. The molecule has 0 spiro atoms. The second kappa shape index (κ2) is 11.2. The Labute approximate surface area is 219 Å². The Bertz CT molecular complexity index is 1260. The maximum absolute atomic E-state index is 10.7. The van der Waals surface area contributed by atoms with Gasteiger partial charge in [-0.15, -0.1) is 0 Å². The molecule has 0 atom stereocenters. The van der Waals surface area contributed by atoms with E-state index in [1.807, 2.05) is 24.3 Å². The zero-order chi connectivity index (χ0) is 20.4. The van der Waals surface area contributed by atoms with Crippen molar-refractivity contribution in [3.8, 4) is 0 Å². The molecule has 0 aliphatic rings. The van der Waals surface area contributed by atoms with Gasteiger partial charge in [0, 0.05) is 0 Å². The van der Waals surface area contributed by atoms with Crippen LogP contribution in [0.5, 0.6) is 0 Å². The quantitative estimate of drug-likeness (QED) is 0.241. The molecule has 0 amide bonds. The first kappa shape index (κ1) is 27.3. The Balaban J connectivity index is 0.000000281. The summed E-state index contributed by atoms with van der Waals surface area (Å²) < 4.78 is 64.3. The van der Waals surface area contributed by atoms with Crippen molar-refractivity contribution in [2.45, 2.75) is 9.79 Å². The van der Waals surface area contributed by atoms with Gasteiger partial charge in [0.15, 0.2) is 0 Å². The van der Waals surface area contributed by atoms with Crippen LogP contribution in [0.4, 0.5) is 0 Å². The van der Waals surface area contributed by atoms with Crippen LogP contribution in [-0.4, -0.2) is 25.9 Å². The molecule has 0 unspecified atom stereocenters. The van der Waals surface area contributed by atoms with Crippen molar-refractivity contribution in [3.05, 3.63) is 84.9 Å². The van der Waals surface area contributed by atoms with Crippen LogP contribution >= 0.6 is 0 Å². The third-order valence-electron chi connectivity index (χ3n) is 4.02. The van der Waals surface area contributed by atoms with Crippen molar-refractivity contribution in [1.29, 1.82) is 0 Å². The van der Waals surface area contributed by atoms with E-state index in [9.17, 15) is 25.9 Å². The maximum Gasteiger partial charge on any atom is 1.00 e. The average molecular weight is 460 g/mol. The molecule has 30 heavy (non-hydrogen) atoms. The molecule has 0 heterocycles. The van der Waals surface area contributed by atoms with Crippen LogP contribution in [0.25, 0.3) is 21.5 Å². The van der Waals surface area contributed by atoms with Gasteiger partial charge in [0.25, 0.3) is 0 Å². The molecule has 6 nitrogen and oxygen atoms in total. The molecule has 144 valence electrons. The van der Waals surface area contributed by atoms with Gasteiger partial charge in [-0.3, -0.25) is 0 Å². The number of fused-ring (bicyclic) bond motifs is 2. The standard InChI is InChI=1S/2C10H8O3S.2Na/c2*11-14(12,13)10-6-5-8-3-1-2-4-9(8)7-10;;/h2*1-7H,(H,11,12,13);;/q;;2*+1/p-2. The second-order valence-electron chi connectivity index (χ2n) is 5.93. The van der Waals surface area contributed by atoms with Crippen molar-refractivity contribution < 1.29 is 85.1 Å². The Morgan fingerprint density at radius 1 is 0.467 bits per heavy atom. The summed E-state index contributed by atoms with van der Waals surface area (Å²) in [4.78, 5) is -0.368. The first-order chi connectivity index (χ1) is 13.1. The SMILES string of the molecule is O=S(=O)([O-])c1ccc2ccccc2c1.O=S(=O)([O-])c1ccc2ccccc2c1.[Na+].[Na+]. The second-order valence-corrected chi connectivity index (χ2v) is 8.69. The molecule has 4 rings (SSSR count). The van der Waals surface area contributed by atoms with Gasteiger partial charge in [-0.05, 0) is 45.8 Å². The minimum Gasteiger partial charge on any atom is -0.744 e. The van der Waals surface area contributed by atoms with E-state index in [2.05, 4.69) is 0 Å². The largest absolute Gasteiger partial charge is 1.00 e. The maximum atomic E-state index is 10.7. The van der Waals surface area contributed by atoms with Crippen LogP contribution in [0.2, 0.25) is 0 Å². The monoisotopic (exact) mass is 460 g/mol. The Hall–Kier alpha value is -0.780. The van der Waals surface area contributed by atoms with Crippen LogP contribution in [-0.2, 0) is 20.2 Å². The Morgan fingerprint density at radius 3 is 1.07 bits per heavy atom. The topological polar surface area (TPSA) is 114 Å². The van der Waals surface area contributed by atoms with Crippen LogP contribution in [0.15, 0.2) is 94.7 Å². The molecule has 0 saturated heterocycles. The zero-order valence-corrected chi connectivity index (χ0v) is 22.0. The van der Waals surface area contributed by atoms with Crippen molar-refractivity contribution in [1.82, 2.24) is 0 Å². The van der Waals surface area contributed by atoms with E-state index >= 15 is 0 Å². The van der Waals surface area contributed by atoms with E-state index in [4.69, 9.17) is 0 Å². The summed E-state index contributed by atoms with van der Waals surface area (Å²) >= 11 is 0. The minimum absolute atomic E-state index is 0. The summed E-state index contributed by atoms with van der Waals surface area (Å²) in [5, 5.41) is 3.34. The zero-order valence-electron chi connectivity index (χ0n) is 16.3. The summed E-state index contributed by atoms with van der Waals surface area (Å²) in [6.07, 6.45) is 0.